The van der Waals surface area contributed by atoms with Crippen LogP contribution in [0.4, 0.5) is 0 Å². The summed E-state index contributed by atoms with van der Waals surface area (Å²) < 4.78 is 5.93. The van der Waals surface area contributed by atoms with E-state index in [4.69, 9.17) is 4.74 Å². The molecule has 0 N–H and O–H groups in total. The average Bonchev–Trinajstić information content (AvgIpc) is 2.33. The van der Waals surface area contributed by atoms with Gasteiger partial charge in [0.15, 0.2) is 0 Å². The van der Waals surface area contributed by atoms with Gasteiger partial charge in [-0.3, -0.25) is 0 Å². The fourth-order valence-electron chi connectivity index (χ4n) is 1.91. The van der Waals surface area contributed by atoms with E-state index in [1.54, 1.807) is 0 Å². The largest absolute Gasteiger partial charge is 0.493 e. The van der Waals surface area contributed by atoms with E-state index in [9.17, 15) is 0 Å². The zero-order valence-electron chi connectivity index (χ0n) is 12.1. The SMILES string of the molecule is CCc1ccc(OCCCCS)c(C(C)(C)C)c1. The van der Waals surface area contributed by atoms with Crippen LogP contribution < -0.4 is 4.74 Å². The Kier molecular flexibility index (Phi) is 6.07. The molecule has 0 radical (unpaired) electrons. The molecule has 0 atom stereocenters. The summed E-state index contributed by atoms with van der Waals surface area (Å²) in [5, 5.41) is 0. The number of thiol groups is 1. The van der Waals surface area contributed by atoms with Crippen LogP contribution in [0.25, 0.3) is 0 Å². The number of unbranched alkanes of at least 4 members (excludes halogenated alkanes) is 1. The normalized spacial score (nSPS) is 11.6. The van der Waals surface area contributed by atoms with Crippen LogP contribution in [-0.4, -0.2) is 12.4 Å². The molecule has 0 unspecified atom stereocenters. The summed E-state index contributed by atoms with van der Waals surface area (Å²) in [5.74, 6) is 1.98. The molecule has 0 amide bonds. The highest BCUT2D eigenvalue weighted by molar-refractivity contribution is 7.80. The van der Waals surface area contributed by atoms with Gasteiger partial charge in [0.25, 0.3) is 0 Å². The fraction of sp³-hybridized carbons (Fsp3) is 0.625. The van der Waals surface area contributed by atoms with Gasteiger partial charge in [-0.25, -0.2) is 0 Å². The second-order valence-electron chi connectivity index (χ2n) is 5.71. The van der Waals surface area contributed by atoms with Crippen LogP contribution in [-0.2, 0) is 11.8 Å². The third kappa shape index (κ3) is 4.56. The highest BCUT2D eigenvalue weighted by atomic mass is 32.1. The molecule has 0 aliphatic heterocycles. The smallest absolute Gasteiger partial charge is 0.123 e. The predicted octanol–water partition coefficient (Wildman–Crippen LogP) is 4.64. The summed E-state index contributed by atoms with van der Waals surface area (Å²) in [6.07, 6.45) is 3.26. The zero-order chi connectivity index (χ0) is 13.6. The molecule has 2 heteroatoms. The lowest BCUT2D eigenvalue weighted by molar-refractivity contribution is 0.301. The first kappa shape index (κ1) is 15.4. The van der Waals surface area contributed by atoms with Gasteiger partial charge in [0.2, 0.25) is 0 Å². The molecule has 0 aliphatic rings. The summed E-state index contributed by atoms with van der Waals surface area (Å²) in [6.45, 7) is 9.69. The topological polar surface area (TPSA) is 9.23 Å². The van der Waals surface area contributed by atoms with Crippen LogP contribution in [0.1, 0.15) is 51.7 Å². The Labute approximate surface area is 117 Å². The van der Waals surface area contributed by atoms with Gasteiger partial charge in [0.1, 0.15) is 5.75 Å². The van der Waals surface area contributed by atoms with Crippen molar-refractivity contribution >= 4 is 12.6 Å². The van der Waals surface area contributed by atoms with Gasteiger partial charge in [0.05, 0.1) is 6.61 Å². The Morgan fingerprint density at radius 1 is 1.17 bits per heavy atom. The molecule has 1 nitrogen and oxygen atoms in total. The highest BCUT2D eigenvalue weighted by Crippen LogP contribution is 2.32. The van der Waals surface area contributed by atoms with Crippen molar-refractivity contribution in [3.05, 3.63) is 29.3 Å². The lowest BCUT2D eigenvalue weighted by Crippen LogP contribution is -2.14. The number of hydrogen-bond acceptors (Lipinski definition) is 2. The highest BCUT2D eigenvalue weighted by Gasteiger charge is 2.19. The lowest BCUT2D eigenvalue weighted by Gasteiger charge is -2.23. The third-order valence-corrected chi connectivity index (χ3v) is 3.39. The number of aryl methyl sites for hydroxylation is 1. The Balaban J connectivity index is 2.82. The van der Waals surface area contributed by atoms with Crippen LogP contribution >= 0.6 is 12.6 Å². The van der Waals surface area contributed by atoms with Gasteiger partial charge in [-0.2, -0.15) is 12.6 Å². The maximum absolute atomic E-state index is 5.93. The lowest BCUT2D eigenvalue weighted by atomic mass is 9.85. The molecule has 0 aromatic heterocycles. The average molecular weight is 266 g/mol. The first-order valence-electron chi connectivity index (χ1n) is 6.86. The molecule has 0 spiro atoms. The van der Waals surface area contributed by atoms with Crippen molar-refractivity contribution in [2.75, 3.05) is 12.4 Å². The number of hydrogen-bond donors (Lipinski definition) is 1. The molecule has 1 rings (SSSR count). The molecular formula is C16H26OS. The van der Waals surface area contributed by atoms with Crippen molar-refractivity contribution in [1.82, 2.24) is 0 Å². The van der Waals surface area contributed by atoms with Crippen LogP contribution in [0.15, 0.2) is 18.2 Å². The Hall–Kier alpha value is -0.630. The van der Waals surface area contributed by atoms with E-state index in [-0.39, 0.29) is 5.41 Å². The molecule has 0 fully saturated rings. The summed E-state index contributed by atoms with van der Waals surface area (Å²) in [5.41, 5.74) is 2.82. The van der Waals surface area contributed by atoms with Crippen LogP contribution in [0, 0.1) is 0 Å². The molecule has 0 saturated carbocycles. The zero-order valence-corrected chi connectivity index (χ0v) is 13.0. The molecule has 1 aromatic carbocycles. The second kappa shape index (κ2) is 7.08. The summed E-state index contributed by atoms with van der Waals surface area (Å²) >= 11 is 4.22. The van der Waals surface area contributed by atoms with Crippen LogP contribution in [0.2, 0.25) is 0 Å². The molecule has 1 aromatic rings. The van der Waals surface area contributed by atoms with E-state index in [2.05, 4.69) is 58.5 Å². The molecule has 0 aliphatic carbocycles. The van der Waals surface area contributed by atoms with Crippen molar-refractivity contribution in [3.63, 3.8) is 0 Å². The summed E-state index contributed by atoms with van der Waals surface area (Å²) in [4.78, 5) is 0. The van der Waals surface area contributed by atoms with Gasteiger partial charge in [0, 0.05) is 0 Å². The van der Waals surface area contributed by atoms with Crippen LogP contribution in [0.5, 0.6) is 5.75 Å². The molecule has 0 saturated heterocycles. The monoisotopic (exact) mass is 266 g/mol. The van der Waals surface area contributed by atoms with E-state index in [0.29, 0.717) is 0 Å². The predicted molar refractivity (Wildman–Crippen MR) is 83.1 cm³/mol. The van der Waals surface area contributed by atoms with E-state index >= 15 is 0 Å². The maximum atomic E-state index is 5.93. The van der Waals surface area contributed by atoms with Crippen LogP contribution in [0.3, 0.4) is 0 Å². The van der Waals surface area contributed by atoms with Crippen molar-refractivity contribution < 1.29 is 4.74 Å². The summed E-state index contributed by atoms with van der Waals surface area (Å²) in [7, 11) is 0. The van der Waals surface area contributed by atoms with Gasteiger partial charge in [-0.05, 0) is 47.6 Å². The number of rotatable bonds is 6. The maximum Gasteiger partial charge on any atom is 0.123 e. The second-order valence-corrected chi connectivity index (χ2v) is 6.16. The molecule has 0 heterocycles. The minimum absolute atomic E-state index is 0.129. The summed E-state index contributed by atoms with van der Waals surface area (Å²) in [6, 6.07) is 6.58. The Morgan fingerprint density at radius 3 is 2.44 bits per heavy atom. The van der Waals surface area contributed by atoms with Crippen molar-refractivity contribution in [3.8, 4) is 5.75 Å². The minimum atomic E-state index is 0.129. The van der Waals surface area contributed by atoms with Crippen molar-refractivity contribution in [2.45, 2.75) is 52.4 Å². The van der Waals surface area contributed by atoms with E-state index in [1.807, 2.05) is 0 Å². The standard InChI is InChI=1S/C16H26OS/c1-5-13-8-9-15(17-10-6-7-11-18)14(12-13)16(2,3)4/h8-9,12,18H,5-7,10-11H2,1-4H3. The first-order valence-corrected chi connectivity index (χ1v) is 7.49. The number of benzene rings is 1. The Morgan fingerprint density at radius 2 is 1.89 bits per heavy atom. The number of ether oxygens (including phenoxy) is 1. The molecule has 0 bridgehead atoms. The van der Waals surface area contributed by atoms with Gasteiger partial charge in [-0.15, -0.1) is 0 Å². The molecule has 18 heavy (non-hydrogen) atoms. The van der Waals surface area contributed by atoms with Crippen molar-refractivity contribution in [2.24, 2.45) is 0 Å². The molecule has 102 valence electrons. The fourth-order valence-corrected chi connectivity index (χ4v) is 2.13. The molecular weight excluding hydrogens is 240 g/mol. The van der Waals surface area contributed by atoms with Gasteiger partial charge in [-0.1, -0.05) is 39.8 Å². The van der Waals surface area contributed by atoms with E-state index in [1.165, 1.54) is 11.1 Å². The third-order valence-electron chi connectivity index (χ3n) is 3.07. The minimum Gasteiger partial charge on any atom is -0.493 e. The van der Waals surface area contributed by atoms with Gasteiger partial charge >= 0.3 is 0 Å². The first-order chi connectivity index (χ1) is 8.49. The quantitative estimate of drug-likeness (QED) is 0.583. The van der Waals surface area contributed by atoms with Gasteiger partial charge < -0.3 is 4.74 Å². The van der Waals surface area contributed by atoms with E-state index < -0.39 is 0 Å². The Bertz CT molecular complexity index is 366. The van der Waals surface area contributed by atoms with Crippen molar-refractivity contribution in [1.29, 1.82) is 0 Å². The van der Waals surface area contributed by atoms with E-state index in [0.717, 1.165) is 37.4 Å².